The van der Waals surface area contributed by atoms with Gasteiger partial charge in [0.15, 0.2) is 11.5 Å². The number of benzene rings is 2. The lowest BCUT2D eigenvalue weighted by molar-refractivity contribution is 0.0986. The van der Waals surface area contributed by atoms with Gasteiger partial charge in [0, 0.05) is 17.8 Å². The van der Waals surface area contributed by atoms with Gasteiger partial charge in [-0.3, -0.25) is 4.79 Å². The van der Waals surface area contributed by atoms with E-state index in [2.05, 4.69) is 0 Å². The lowest BCUT2D eigenvalue weighted by atomic mass is 10.1. The van der Waals surface area contributed by atoms with E-state index >= 15 is 0 Å². The normalized spacial score (nSPS) is 10.2. The van der Waals surface area contributed by atoms with Crippen molar-refractivity contribution in [1.82, 2.24) is 0 Å². The number of ether oxygens (including phenoxy) is 3. The van der Waals surface area contributed by atoms with E-state index in [1.54, 1.807) is 41.3 Å². The topological polar surface area (TPSA) is 68.2 Å². The number of anilines is 1. The van der Waals surface area contributed by atoms with Crippen LogP contribution in [0, 0.1) is 0 Å². The molecule has 2 aromatic rings. The Morgan fingerprint density at radius 3 is 2.00 bits per heavy atom. The van der Waals surface area contributed by atoms with Crippen LogP contribution in [0.5, 0.6) is 23.0 Å². The molecule has 0 saturated heterocycles. The molecule has 1 N–H and O–H groups in total. The summed E-state index contributed by atoms with van der Waals surface area (Å²) in [6, 6.07) is 9.79. The molecular weight excluding hydrogens is 322 g/mol. The molecule has 0 fully saturated rings. The summed E-state index contributed by atoms with van der Waals surface area (Å²) in [5, 5.41) is 9.47. The number of phenolic OH excluding ortho intramolecular Hbond substituents is 1. The Hall–Kier alpha value is -2.89. The number of phenols is 1. The SMILES string of the molecule is CCCN(C(=O)c1cc(OC)c(OC)c(OC)c1)c1ccc(O)cc1. The number of nitrogens with zero attached hydrogens (tertiary/aromatic N) is 1. The second-order valence-electron chi connectivity index (χ2n) is 5.39. The van der Waals surface area contributed by atoms with E-state index in [-0.39, 0.29) is 11.7 Å². The van der Waals surface area contributed by atoms with Gasteiger partial charge in [0.05, 0.1) is 21.3 Å². The highest BCUT2D eigenvalue weighted by molar-refractivity contribution is 6.06. The minimum atomic E-state index is -0.188. The van der Waals surface area contributed by atoms with Crippen molar-refractivity contribution < 1.29 is 24.1 Å². The van der Waals surface area contributed by atoms with Crippen molar-refractivity contribution in [1.29, 1.82) is 0 Å². The van der Waals surface area contributed by atoms with Crippen molar-refractivity contribution in [2.75, 3.05) is 32.8 Å². The van der Waals surface area contributed by atoms with Gasteiger partial charge in [-0.1, -0.05) is 6.92 Å². The van der Waals surface area contributed by atoms with Gasteiger partial charge in [-0.05, 0) is 42.8 Å². The molecule has 0 spiro atoms. The van der Waals surface area contributed by atoms with Crippen molar-refractivity contribution >= 4 is 11.6 Å². The summed E-state index contributed by atoms with van der Waals surface area (Å²) in [5.41, 5.74) is 1.13. The Balaban J connectivity index is 2.46. The third-order valence-electron chi connectivity index (χ3n) is 3.77. The highest BCUT2D eigenvalue weighted by atomic mass is 16.5. The zero-order valence-electron chi connectivity index (χ0n) is 14.9. The first kappa shape index (κ1) is 18.4. The maximum absolute atomic E-state index is 13.1. The zero-order chi connectivity index (χ0) is 18.4. The number of carbonyl (C=O) groups excluding carboxylic acids is 1. The van der Waals surface area contributed by atoms with Gasteiger partial charge < -0.3 is 24.2 Å². The van der Waals surface area contributed by atoms with Crippen LogP contribution in [0.2, 0.25) is 0 Å². The molecule has 0 radical (unpaired) electrons. The molecule has 0 aromatic heterocycles. The number of rotatable bonds is 7. The molecule has 1 amide bonds. The Labute approximate surface area is 147 Å². The molecule has 0 heterocycles. The number of amides is 1. The van der Waals surface area contributed by atoms with Gasteiger partial charge in [-0.25, -0.2) is 0 Å². The molecule has 6 nitrogen and oxygen atoms in total. The van der Waals surface area contributed by atoms with Gasteiger partial charge in [0.25, 0.3) is 5.91 Å². The average Bonchev–Trinajstić information content (AvgIpc) is 2.65. The minimum absolute atomic E-state index is 0.153. The Morgan fingerprint density at radius 2 is 1.56 bits per heavy atom. The third-order valence-corrected chi connectivity index (χ3v) is 3.77. The van der Waals surface area contributed by atoms with Gasteiger partial charge in [0.2, 0.25) is 5.75 Å². The van der Waals surface area contributed by atoms with Crippen molar-refractivity contribution in [3.05, 3.63) is 42.0 Å². The summed E-state index contributed by atoms with van der Waals surface area (Å²) in [5.74, 6) is 1.25. The fourth-order valence-corrected chi connectivity index (χ4v) is 2.56. The molecule has 2 rings (SSSR count). The predicted molar refractivity (Wildman–Crippen MR) is 96.2 cm³/mol. The lowest BCUT2D eigenvalue weighted by Gasteiger charge is -2.23. The summed E-state index contributed by atoms with van der Waals surface area (Å²) in [6.45, 7) is 2.54. The number of hydrogen-bond acceptors (Lipinski definition) is 5. The van der Waals surface area contributed by atoms with Crippen LogP contribution in [-0.4, -0.2) is 38.9 Å². The molecule has 6 heteroatoms. The average molecular weight is 345 g/mol. The highest BCUT2D eigenvalue weighted by Crippen LogP contribution is 2.38. The molecular formula is C19H23NO5. The maximum Gasteiger partial charge on any atom is 0.258 e. The first-order chi connectivity index (χ1) is 12.0. The molecule has 0 atom stereocenters. The Kier molecular flexibility index (Phi) is 6.11. The van der Waals surface area contributed by atoms with E-state index in [0.29, 0.717) is 35.0 Å². The van der Waals surface area contributed by atoms with Crippen LogP contribution >= 0.6 is 0 Å². The summed E-state index contributed by atoms with van der Waals surface area (Å²) in [6.07, 6.45) is 0.789. The second kappa shape index (κ2) is 8.28. The van der Waals surface area contributed by atoms with E-state index in [1.165, 1.54) is 21.3 Å². The first-order valence-electron chi connectivity index (χ1n) is 7.96. The summed E-state index contributed by atoms with van der Waals surface area (Å²) < 4.78 is 15.9. The first-order valence-corrected chi connectivity index (χ1v) is 7.96. The maximum atomic E-state index is 13.1. The standard InChI is InChI=1S/C19H23NO5/c1-5-10-20(14-6-8-15(21)9-7-14)19(22)13-11-16(23-2)18(25-4)17(12-13)24-3/h6-9,11-12,21H,5,10H2,1-4H3. The van der Waals surface area contributed by atoms with Crippen LogP contribution in [0.25, 0.3) is 0 Å². The molecule has 0 aliphatic rings. The number of carbonyl (C=O) groups is 1. The van der Waals surface area contributed by atoms with E-state index < -0.39 is 0 Å². The predicted octanol–water partition coefficient (Wildman–Crippen LogP) is 3.47. The Morgan fingerprint density at radius 1 is 1.00 bits per heavy atom. The number of aromatic hydroxyl groups is 1. The van der Waals surface area contributed by atoms with Crippen LogP contribution in [0.3, 0.4) is 0 Å². The molecule has 2 aromatic carbocycles. The van der Waals surface area contributed by atoms with Crippen LogP contribution in [0.15, 0.2) is 36.4 Å². The minimum Gasteiger partial charge on any atom is -0.508 e. The zero-order valence-corrected chi connectivity index (χ0v) is 14.9. The van der Waals surface area contributed by atoms with Crippen LogP contribution in [-0.2, 0) is 0 Å². The van der Waals surface area contributed by atoms with Gasteiger partial charge in [-0.2, -0.15) is 0 Å². The van der Waals surface area contributed by atoms with Gasteiger partial charge in [-0.15, -0.1) is 0 Å². The van der Waals surface area contributed by atoms with Crippen molar-refractivity contribution in [2.24, 2.45) is 0 Å². The molecule has 134 valence electrons. The van der Waals surface area contributed by atoms with Crippen LogP contribution < -0.4 is 19.1 Å². The molecule has 0 aliphatic carbocycles. The van der Waals surface area contributed by atoms with Crippen molar-refractivity contribution in [2.45, 2.75) is 13.3 Å². The molecule has 0 unspecified atom stereocenters. The fourth-order valence-electron chi connectivity index (χ4n) is 2.56. The van der Waals surface area contributed by atoms with Gasteiger partial charge in [0.1, 0.15) is 5.75 Å². The highest BCUT2D eigenvalue weighted by Gasteiger charge is 2.22. The smallest absolute Gasteiger partial charge is 0.258 e. The fraction of sp³-hybridized carbons (Fsp3) is 0.316. The Bertz CT molecular complexity index is 702. The van der Waals surface area contributed by atoms with Crippen LogP contribution in [0.1, 0.15) is 23.7 Å². The molecule has 0 bridgehead atoms. The largest absolute Gasteiger partial charge is 0.508 e. The monoisotopic (exact) mass is 345 g/mol. The third kappa shape index (κ3) is 3.96. The molecule has 0 aliphatic heterocycles. The van der Waals surface area contributed by atoms with Crippen LogP contribution in [0.4, 0.5) is 5.69 Å². The lowest BCUT2D eigenvalue weighted by Crippen LogP contribution is -2.31. The second-order valence-corrected chi connectivity index (χ2v) is 5.39. The summed E-state index contributed by atoms with van der Waals surface area (Å²) >= 11 is 0. The van der Waals surface area contributed by atoms with E-state index in [4.69, 9.17) is 14.2 Å². The number of hydrogen-bond donors (Lipinski definition) is 1. The summed E-state index contributed by atoms with van der Waals surface area (Å²) in [7, 11) is 4.53. The van der Waals surface area contributed by atoms with Crippen molar-refractivity contribution in [3.8, 4) is 23.0 Å². The molecule has 0 saturated carbocycles. The summed E-state index contributed by atoms with van der Waals surface area (Å²) in [4.78, 5) is 14.7. The molecule has 25 heavy (non-hydrogen) atoms. The van der Waals surface area contributed by atoms with Gasteiger partial charge >= 0.3 is 0 Å². The van der Waals surface area contributed by atoms with E-state index in [0.717, 1.165) is 6.42 Å². The number of methoxy groups -OCH3 is 3. The van der Waals surface area contributed by atoms with E-state index in [1.807, 2.05) is 6.92 Å². The van der Waals surface area contributed by atoms with Crippen molar-refractivity contribution in [3.63, 3.8) is 0 Å². The van der Waals surface area contributed by atoms with E-state index in [9.17, 15) is 9.90 Å². The quantitative estimate of drug-likeness (QED) is 0.832.